The molecule has 7 nitrogen and oxygen atoms in total. The van der Waals surface area contributed by atoms with E-state index in [9.17, 15) is 4.79 Å². The second-order valence-corrected chi connectivity index (χ2v) is 7.51. The zero-order chi connectivity index (χ0) is 22.5. The Morgan fingerprint density at radius 2 is 1.45 bits per heavy atom. The van der Waals surface area contributed by atoms with E-state index < -0.39 is 0 Å². The molecular formula is C26H22N6O. The predicted molar refractivity (Wildman–Crippen MR) is 126 cm³/mol. The Hall–Kier alpha value is -4.52. The number of carbonyl (C=O) groups excluding carboxylic acids is 1. The van der Waals surface area contributed by atoms with Gasteiger partial charge in [-0.1, -0.05) is 66.7 Å². The van der Waals surface area contributed by atoms with Crippen LogP contribution in [0, 0.1) is 0 Å². The average molecular weight is 435 g/mol. The average Bonchev–Trinajstić information content (AvgIpc) is 3.54. The molecule has 0 bridgehead atoms. The molecule has 162 valence electrons. The van der Waals surface area contributed by atoms with Crippen LogP contribution in [0.15, 0.2) is 103 Å². The number of para-hydroxylation sites is 2. The first-order valence-electron chi connectivity index (χ1n) is 10.7. The van der Waals surface area contributed by atoms with Gasteiger partial charge >= 0.3 is 0 Å². The number of carbonyl (C=O) groups is 1. The van der Waals surface area contributed by atoms with E-state index in [4.69, 9.17) is 0 Å². The van der Waals surface area contributed by atoms with Crippen molar-refractivity contribution in [2.75, 3.05) is 6.54 Å². The molecule has 0 unspecified atom stereocenters. The topological polar surface area (TPSA) is 77.6 Å². The predicted octanol–water partition coefficient (Wildman–Crippen LogP) is 4.09. The number of hydrogen-bond acceptors (Lipinski definition) is 4. The third-order valence-corrected chi connectivity index (χ3v) is 5.20. The lowest BCUT2D eigenvalue weighted by molar-refractivity contribution is 0.0944. The first kappa shape index (κ1) is 20.4. The lowest BCUT2D eigenvalue weighted by atomic mass is 10.2. The molecule has 2 heterocycles. The fourth-order valence-corrected chi connectivity index (χ4v) is 3.54. The number of rotatable bonds is 7. The molecule has 0 saturated carbocycles. The maximum Gasteiger partial charge on any atom is 0.291 e. The maximum atomic E-state index is 12.8. The van der Waals surface area contributed by atoms with Crippen LogP contribution in [0.4, 0.5) is 0 Å². The zero-order valence-corrected chi connectivity index (χ0v) is 17.9. The van der Waals surface area contributed by atoms with Crippen LogP contribution in [0.1, 0.15) is 16.2 Å². The quantitative estimate of drug-likeness (QED) is 0.419. The van der Waals surface area contributed by atoms with Gasteiger partial charge in [-0.25, -0.2) is 14.3 Å². The molecule has 0 atom stereocenters. The van der Waals surface area contributed by atoms with Crippen molar-refractivity contribution in [3.8, 4) is 22.8 Å². The summed E-state index contributed by atoms with van der Waals surface area (Å²) in [6, 6.07) is 29.3. The molecule has 1 N–H and O–H groups in total. The van der Waals surface area contributed by atoms with Crippen LogP contribution >= 0.6 is 0 Å². The summed E-state index contributed by atoms with van der Waals surface area (Å²) in [5, 5.41) is 11.8. The normalized spacial score (nSPS) is 10.8. The minimum Gasteiger partial charge on any atom is -0.349 e. The van der Waals surface area contributed by atoms with Crippen LogP contribution in [-0.2, 0) is 6.42 Å². The van der Waals surface area contributed by atoms with Gasteiger partial charge in [0.2, 0.25) is 5.82 Å². The van der Waals surface area contributed by atoms with E-state index in [1.54, 1.807) is 4.68 Å². The van der Waals surface area contributed by atoms with Crippen molar-refractivity contribution in [3.63, 3.8) is 0 Å². The molecule has 0 radical (unpaired) electrons. The highest BCUT2D eigenvalue weighted by Crippen LogP contribution is 2.21. The van der Waals surface area contributed by atoms with E-state index in [0.29, 0.717) is 18.8 Å². The standard InChI is InChI=1S/C26H22N6O/c33-26(27-17-16-20-18-28-31(19-20)22-12-6-2-7-13-22)24-29-25(21-10-4-1-5-11-21)32(30-24)23-14-8-3-9-15-23/h1-15,18-19H,16-17H2,(H,27,33). The molecular weight excluding hydrogens is 412 g/mol. The first-order chi connectivity index (χ1) is 16.3. The van der Waals surface area contributed by atoms with Gasteiger partial charge in [0, 0.05) is 18.3 Å². The van der Waals surface area contributed by atoms with Gasteiger partial charge in [-0.15, -0.1) is 5.10 Å². The molecule has 0 fully saturated rings. The number of amides is 1. The van der Waals surface area contributed by atoms with Crippen LogP contribution in [0.3, 0.4) is 0 Å². The molecule has 0 aliphatic carbocycles. The molecule has 2 aromatic heterocycles. The second kappa shape index (κ2) is 9.32. The molecule has 0 spiro atoms. The summed E-state index contributed by atoms with van der Waals surface area (Å²) in [6.07, 6.45) is 4.44. The third kappa shape index (κ3) is 4.57. The van der Waals surface area contributed by atoms with Crippen molar-refractivity contribution in [3.05, 3.63) is 115 Å². The molecule has 7 heteroatoms. The van der Waals surface area contributed by atoms with Crippen LogP contribution in [0.2, 0.25) is 0 Å². The molecule has 33 heavy (non-hydrogen) atoms. The highest BCUT2D eigenvalue weighted by molar-refractivity contribution is 5.91. The first-order valence-corrected chi connectivity index (χ1v) is 10.7. The van der Waals surface area contributed by atoms with Crippen molar-refractivity contribution in [1.29, 1.82) is 0 Å². The number of nitrogens with zero attached hydrogens (tertiary/aromatic N) is 5. The van der Waals surface area contributed by atoms with Crippen LogP contribution in [-0.4, -0.2) is 37.0 Å². The SMILES string of the molecule is O=C(NCCc1cnn(-c2ccccc2)c1)c1nc(-c2ccccc2)n(-c2ccccc2)n1. The largest absolute Gasteiger partial charge is 0.349 e. The van der Waals surface area contributed by atoms with Gasteiger partial charge in [0.25, 0.3) is 5.91 Å². The lowest BCUT2D eigenvalue weighted by Gasteiger charge is -2.05. The number of benzene rings is 3. The Bertz CT molecular complexity index is 1290. The van der Waals surface area contributed by atoms with Gasteiger partial charge in [0.05, 0.1) is 17.6 Å². The third-order valence-electron chi connectivity index (χ3n) is 5.20. The van der Waals surface area contributed by atoms with Gasteiger partial charge in [-0.05, 0) is 36.2 Å². The number of hydrogen-bond donors (Lipinski definition) is 1. The van der Waals surface area contributed by atoms with E-state index in [1.165, 1.54) is 0 Å². The molecule has 3 aromatic carbocycles. The molecule has 5 rings (SSSR count). The summed E-state index contributed by atoms with van der Waals surface area (Å²) < 4.78 is 3.53. The molecule has 5 aromatic rings. The molecule has 1 amide bonds. The smallest absolute Gasteiger partial charge is 0.291 e. The number of aromatic nitrogens is 5. The van der Waals surface area contributed by atoms with Gasteiger partial charge in [-0.2, -0.15) is 5.10 Å². The Morgan fingerprint density at radius 3 is 2.15 bits per heavy atom. The maximum absolute atomic E-state index is 12.8. The summed E-state index contributed by atoms with van der Waals surface area (Å²) in [6.45, 7) is 0.458. The summed E-state index contributed by atoms with van der Waals surface area (Å²) in [5.74, 6) is 0.450. The minimum absolute atomic E-state index is 0.137. The number of nitrogens with one attached hydrogen (secondary N) is 1. The van der Waals surface area contributed by atoms with Crippen LogP contribution in [0.25, 0.3) is 22.8 Å². The van der Waals surface area contributed by atoms with E-state index in [2.05, 4.69) is 20.5 Å². The molecule has 0 saturated heterocycles. The fraction of sp³-hybridized carbons (Fsp3) is 0.0769. The fourth-order valence-electron chi connectivity index (χ4n) is 3.54. The Kier molecular flexibility index (Phi) is 5.75. The summed E-state index contributed by atoms with van der Waals surface area (Å²) in [4.78, 5) is 17.4. The molecule has 0 aliphatic heterocycles. The highest BCUT2D eigenvalue weighted by Gasteiger charge is 2.18. The minimum atomic E-state index is -0.308. The van der Waals surface area contributed by atoms with Crippen LogP contribution in [0.5, 0.6) is 0 Å². The van der Waals surface area contributed by atoms with Gasteiger partial charge in [0.1, 0.15) is 0 Å². The summed E-state index contributed by atoms with van der Waals surface area (Å²) >= 11 is 0. The zero-order valence-electron chi connectivity index (χ0n) is 17.9. The van der Waals surface area contributed by atoms with Crippen molar-refractivity contribution in [2.24, 2.45) is 0 Å². The van der Waals surface area contributed by atoms with Crippen molar-refractivity contribution in [1.82, 2.24) is 29.9 Å². The van der Waals surface area contributed by atoms with E-state index in [0.717, 1.165) is 22.5 Å². The van der Waals surface area contributed by atoms with E-state index >= 15 is 0 Å². The van der Waals surface area contributed by atoms with Gasteiger partial charge in [0.15, 0.2) is 5.82 Å². The second-order valence-electron chi connectivity index (χ2n) is 7.51. The monoisotopic (exact) mass is 434 g/mol. The summed E-state index contributed by atoms with van der Waals surface area (Å²) in [7, 11) is 0. The van der Waals surface area contributed by atoms with E-state index in [1.807, 2.05) is 108 Å². The van der Waals surface area contributed by atoms with Crippen molar-refractivity contribution < 1.29 is 4.79 Å². The van der Waals surface area contributed by atoms with Crippen molar-refractivity contribution >= 4 is 5.91 Å². The van der Waals surface area contributed by atoms with Gasteiger partial charge < -0.3 is 5.32 Å². The van der Waals surface area contributed by atoms with Crippen LogP contribution < -0.4 is 5.32 Å². The Morgan fingerprint density at radius 1 is 0.818 bits per heavy atom. The highest BCUT2D eigenvalue weighted by atomic mass is 16.2. The lowest BCUT2D eigenvalue weighted by Crippen LogP contribution is -2.26. The Balaban J connectivity index is 1.30. The Labute approximate surface area is 191 Å². The van der Waals surface area contributed by atoms with E-state index in [-0.39, 0.29) is 11.7 Å². The van der Waals surface area contributed by atoms with Gasteiger partial charge in [-0.3, -0.25) is 4.79 Å². The van der Waals surface area contributed by atoms with Crippen molar-refractivity contribution in [2.45, 2.75) is 6.42 Å². The summed E-state index contributed by atoms with van der Waals surface area (Å²) in [5.41, 5.74) is 3.77. The molecule has 0 aliphatic rings.